The quantitative estimate of drug-likeness (QED) is 0.821. The molecular weight excluding hydrogens is 345 g/mol. The van der Waals surface area contributed by atoms with Crippen molar-refractivity contribution < 1.29 is 18.7 Å². The van der Waals surface area contributed by atoms with Gasteiger partial charge >= 0.3 is 0 Å². The number of hydrogen-bond acceptors (Lipinski definition) is 3. The predicted octanol–water partition coefficient (Wildman–Crippen LogP) is 3.87. The highest BCUT2D eigenvalue weighted by Crippen LogP contribution is 2.33. The lowest BCUT2D eigenvalue weighted by atomic mass is 9.95. The van der Waals surface area contributed by atoms with Crippen molar-refractivity contribution in [1.29, 1.82) is 0 Å². The van der Waals surface area contributed by atoms with Crippen LogP contribution in [0.25, 0.3) is 0 Å². The third kappa shape index (κ3) is 3.32. The Morgan fingerprint density at radius 3 is 2.74 bits per heavy atom. The summed E-state index contributed by atoms with van der Waals surface area (Å²) in [5.41, 5.74) is 3.57. The molecule has 0 N–H and O–H groups in total. The largest absolute Gasteiger partial charge is 0.497 e. The zero-order valence-corrected chi connectivity index (χ0v) is 15.8. The summed E-state index contributed by atoms with van der Waals surface area (Å²) in [6.07, 6.45) is 2.44. The summed E-state index contributed by atoms with van der Waals surface area (Å²) in [6, 6.07) is 9.65. The van der Waals surface area contributed by atoms with Gasteiger partial charge in [-0.15, -0.1) is 0 Å². The topological polar surface area (TPSA) is 38.8 Å². The minimum absolute atomic E-state index is 0.0448. The van der Waals surface area contributed by atoms with Crippen molar-refractivity contribution in [2.24, 2.45) is 0 Å². The summed E-state index contributed by atoms with van der Waals surface area (Å²) in [5, 5.41) is 0. The summed E-state index contributed by atoms with van der Waals surface area (Å²) in [4.78, 5) is 14.7. The molecule has 2 heterocycles. The fraction of sp³-hybridized carbons (Fsp3) is 0.409. The van der Waals surface area contributed by atoms with E-state index in [1.54, 1.807) is 18.9 Å². The molecular formula is C22H24FNO3. The smallest absolute Gasteiger partial charge is 0.254 e. The molecule has 27 heavy (non-hydrogen) atoms. The van der Waals surface area contributed by atoms with E-state index in [0.717, 1.165) is 36.3 Å². The van der Waals surface area contributed by atoms with E-state index in [2.05, 4.69) is 0 Å². The minimum Gasteiger partial charge on any atom is -0.497 e. The molecule has 1 fully saturated rings. The first-order valence-electron chi connectivity index (χ1n) is 9.41. The Labute approximate surface area is 158 Å². The molecule has 1 amide bonds. The van der Waals surface area contributed by atoms with Crippen LogP contribution in [0.15, 0.2) is 30.3 Å². The van der Waals surface area contributed by atoms with Crippen LogP contribution in [0.5, 0.6) is 5.75 Å². The van der Waals surface area contributed by atoms with Crippen molar-refractivity contribution in [3.8, 4) is 5.75 Å². The van der Waals surface area contributed by atoms with Crippen LogP contribution in [-0.2, 0) is 17.7 Å². The lowest BCUT2D eigenvalue weighted by Crippen LogP contribution is -2.41. The molecule has 0 saturated carbocycles. The zero-order chi connectivity index (χ0) is 19.0. The highest BCUT2D eigenvalue weighted by atomic mass is 19.1. The minimum atomic E-state index is -0.247. The van der Waals surface area contributed by atoms with Gasteiger partial charge in [0.25, 0.3) is 5.91 Å². The molecule has 1 saturated heterocycles. The summed E-state index contributed by atoms with van der Waals surface area (Å²) in [6.45, 7) is 3.42. The number of methoxy groups -OCH3 is 1. The summed E-state index contributed by atoms with van der Waals surface area (Å²) < 4.78 is 25.8. The van der Waals surface area contributed by atoms with Crippen molar-refractivity contribution in [3.63, 3.8) is 0 Å². The van der Waals surface area contributed by atoms with Gasteiger partial charge < -0.3 is 14.4 Å². The number of benzene rings is 2. The summed E-state index contributed by atoms with van der Waals surface area (Å²) in [5.74, 6) is 0.468. The number of ether oxygens (including phenoxy) is 2. The van der Waals surface area contributed by atoms with Crippen molar-refractivity contribution in [2.45, 2.75) is 38.8 Å². The van der Waals surface area contributed by atoms with E-state index < -0.39 is 0 Å². The number of hydrogen-bond donors (Lipinski definition) is 0. The van der Waals surface area contributed by atoms with Gasteiger partial charge in [0.05, 0.1) is 26.3 Å². The monoisotopic (exact) mass is 369 g/mol. The van der Waals surface area contributed by atoms with Gasteiger partial charge in [-0.3, -0.25) is 4.79 Å². The van der Waals surface area contributed by atoms with Crippen LogP contribution < -0.4 is 4.74 Å². The molecule has 4 nitrogen and oxygen atoms in total. The van der Waals surface area contributed by atoms with Gasteiger partial charge in [0.2, 0.25) is 0 Å². The Hall–Kier alpha value is -2.40. The Bertz CT molecular complexity index is 857. The highest BCUT2D eigenvalue weighted by molar-refractivity contribution is 5.99. The van der Waals surface area contributed by atoms with Gasteiger partial charge in [-0.05, 0) is 61.1 Å². The van der Waals surface area contributed by atoms with E-state index in [9.17, 15) is 4.79 Å². The maximum Gasteiger partial charge on any atom is 0.254 e. The van der Waals surface area contributed by atoms with Crippen molar-refractivity contribution in [1.82, 2.24) is 4.90 Å². The van der Waals surface area contributed by atoms with E-state index in [-0.39, 0.29) is 17.8 Å². The SMILES string of the molecule is COc1ccc(Cc2cc3c(c(F)c2C)CN(C2CCCOC2)C3=O)cc1. The molecule has 1 atom stereocenters. The second kappa shape index (κ2) is 7.31. The number of carbonyl (C=O) groups is 1. The molecule has 2 aromatic rings. The first-order valence-corrected chi connectivity index (χ1v) is 9.41. The normalized spacial score (nSPS) is 19.3. The number of rotatable bonds is 4. The zero-order valence-electron chi connectivity index (χ0n) is 15.8. The molecule has 0 aliphatic carbocycles. The van der Waals surface area contributed by atoms with Gasteiger partial charge in [-0.25, -0.2) is 4.39 Å². The maximum atomic E-state index is 15.1. The molecule has 2 aromatic carbocycles. The molecule has 2 aliphatic heterocycles. The van der Waals surface area contributed by atoms with Gasteiger partial charge in [0, 0.05) is 17.7 Å². The number of fused-ring (bicyclic) bond motifs is 1. The standard InChI is InChI=1S/C22H24FNO3/c1-14-16(10-15-5-7-18(26-2)8-6-15)11-19-20(21(14)23)12-24(22(19)25)17-4-3-9-27-13-17/h5-8,11,17H,3-4,9-10,12-13H2,1-2H3. The molecule has 4 rings (SSSR count). The lowest BCUT2D eigenvalue weighted by molar-refractivity contribution is 0.0177. The van der Waals surface area contributed by atoms with Crippen LogP contribution in [0.3, 0.4) is 0 Å². The van der Waals surface area contributed by atoms with Crippen molar-refractivity contribution in [2.75, 3.05) is 20.3 Å². The van der Waals surface area contributed by atoms with E-state index in [4.69, 9.17) is 9.47 Å². The third-order valence-corrected chi connectivity index (χ3v) is 5.67. The van der Waals surface area contributed by atoms with E-state index >= 15 is 4.39 Å². The number of nitrogens with zero attached hydrogens (tertiary/aromatic N) is 1. The fourth-order valence-electron chi connectivity index (χ4n) is 4.01. The maximum absolute atomic E-state index is 15.1. The summed E-state index contributed by atoms with van der Waals surface area (Å²) >= 11 is 0. The summed E-state index contributed by atoms with van der Waals surface area (Å²) in [7, 11) is 1.63. The highest BCUT2D eigenvalue weighted by Gasteiger charge is 2.36. The average Bonchev–Trinajstić information content (AvgIpc) is 3.04. The van der Waals surface area contributed by atoms with Crippen LogP contribution in [-0.4, -0.2) is 37.2 Å². The Balaban J connectivity index is 1.62. The predicted molar refractivity (Wildman–Crippen MR) is 101 cm³/mol. The van der Waals surface area contributed by atoms with Gasteiger partial charge in [0.15, 0.2) is 0 Å². The molecule has 2 aliphatic rings. The second-order valence-corrected chi connectivity index (χ2v) is 7.33. The van der Waals surface area contributed by atoms with Crippen molar-refractivity contribution in [3.05, 3.63) is 64.0 Å². The molecule has 5 heteroatoms. The first kappa shape index (κ1) is 18.0. The van der Waals surface area contributed by atoms with Crippen LogP contribution in [0.1, 0.15) is 45.5 Å². The van der Waals surface area contributed by atoms with Crippen LogP contribution in [0, 0.1) is 12.7 Å². The first-order chi connectivity index (χ1) is 13.1. The average molecular weight is 369 g/mol. The lowest BCUT2D eigenvalue weighted by Gasteiger charge is -2.30. The van der Waals surface area contributed by atoms with Gasteiger partial charge in [-0.2, -0.15) is 0 Å². The Kier molecular flexibility index (Phi) is 4.87. The number of carbonyl (C=O) groups excluding carboxylic acids is 1. The third-order valence-electron chi connectivity index (χ3n) is 5.67. The van der Waals surface area contributed by atoms with Gasteiger partial charge in [0.1, 0.15) is 11.6 Å². The Morgan fingerprint density at radius 2 is 2.07 bits per heavy atom. The van der Waals surface area contributed by atoms with E-state index in [1.165, 1.54) is 0 Å². The molecule has 0 spiro atoms. The number of amides is 1. The molecule has 0 bridgehead atoms. The molecule has 142 valence electrons. The van der Waals surface area contributed by atoms with Gasteiger partial charge in [-0.1, -0.05) is 12.1 Å². The van der Waals surface area contributed by atoms with Crippen LogP contribution in [0.2, 0.25) is 0 Å². The van der Waals surface area contributed by atoms with Crippen LogP contribution >= 0.6 is 0 Å². The van der Waals surface area contributed by atoms with Crippen molar-refractivity contribution >= 4 is 5.91 Å². The van der Waals surface area contributed by atoms with E-state index in [1.807, 2.05) is 30.3 Å². The number of halogens is 1. The fourth-order valence-corrected chi connectivity index (χ4v) is 4.01. The Morgan fingerprint density at radius 1 is 1.30 bits per heavy atom. The molecule has 1 unspecified atom stereocenters. The van der Waals surface area contributed by atoms with Crippen LogP contribution in [0.4, 0.5) is 4.39 Å². The molecule has 0 radical (unpaired) electrons. The van der Waals surface area contributed by atoms with E-state index in [0.29, 0.717) is 36.3 Å². The molecule has 0 aromatic heterocycles. The second-order valence-electron chi connectivity index (χ2n) is 7.33.